The fourth-order valence-electron chi connectivity index (χ4n) is 3.22. The van der Waals surface area contributed by atoms with Crippen molar-refractivity contribution in [3.63, 3.8) is 0 Å². The molecule has 0 radical (unpaired) electrons. The maximum Gasteiger partial charge on any atom is 0.408 e. The van der Waals surface area contributed by atoms with Crippen LogP contribution in [0, 0.1) is 0 Å². The van der Waals surface area contributed by atoms with E-state index >= 15 is 0 Å². The molecule has 3 rings (SSSR count). The molecule has 0 fully saturated rings. The first-order valence-electron chi connectivity index (χ1n) is 8.61. The number of hydrogen-bond acceptors (Lipinski definition) is 5. The number of carbonyl (C=O) groups is 3. The number of ether oxygens (including phenoxy) is 2. The average Bonchev–Trinajstić information content (AvgIpc) is 2.72. The maximum atomic E-state index is 12.3. The number of nitrogens with zero attached hydrogens (tertiary/aromatic N) is 1. The van der Waals surface area contributed by atoms with Gasteiger partial charge in [0, 0.05) is 6.54 Å². The number of fused-ring (bicyclic) bond motifs is 1. The molecule has 0 saturated heterocycles. The second-order valence-electron chi connectivity index (χ2n) is 6.22. The summed E-state index contributed by atoms with van der Waals surface area (Å²) in [7, 11) is 1.24. The zero-order chi connectivity index (χ0) is 20.1. The highest BCUT2D eigenvalue weighted by atomic mass is 35.5. The van der Waals surface area contributed by atoms with E-state index in [9.17, 15) is 14.4 Å². The number of methoxy groups -OCH3 is 1. The molecule has 146 valence electrons. The predicted octanol–water partition coefficient (Wildman–Crippen LogP) is 3.54. The van der Waals surface area contributed by atoms with Crippen LogP contribution in [-0.2, 0) is 20.9 Å². The quantitative estimate of drug-likeness (QED) is 0.480. The first-order valence-corrected chi connectivity index (χ1v) is 8.99. The van der Waals surface area contributed by atoms with Gasteiger partial charge < -0.3 is 19.7 Å². The first-order chi connectivity index (χ1) is 13.5. The Morgan fingerprint density at radius 1 is 1.07 bits per heavy atom. The number of hydrogen-bond donors (Lipinski definition) is 1. The van der Waals surface area contributed by atoms with Gasteiger partial charge in [0.1, 0.15) is 6.61 Å². The molecule has 1 heterocycles. The highest BCUT2D eigenvalue weighted by Crippen LogP contribution is 2.36. The van der Waals surface area contributed by atoms with E-state index in [0.29, 0.717) is 11.1 Å². The van der Waals surface area contributed by atoms with Crippen molar-refractivity contribution in [1.82, 2.24) is 10.2 Å². The lowest BCUT2D eigenvalue weighted by atomic mass is 9.89. The Labute approximate surface area is 167 Å². The van der Waals surface area contributed by atoms with Gasteiger partial charge in [-0.15, -0.1) is 0 Å². The van der Waals surface area contributed by atoms with Crippen LogP contribution < -0.4 is 5.32 Å². The summed E-state index contributed by atoms with van der Waals surface area (Å²) in [5.74, 6) is -0.605. The lowest BCUT2D eigenvalue weighted by Crippen LogP contribution is -2.47. The lowest BCUT2D eigenvalue weighted by Gasteiger charge is -2.38. The van der Waals surface area contributed by atoms with Gasteiger partial charge >= 0.3 is 17.4 Å². The molecule has 2 aromatic carbocycles. The number of amides is 2. The zero-order valence-corrected chi connectivity index (χ0v) is 15.9. The number of benzene rings is 2. The lowest BCUT2D eigenvalue weighted by molar-refractivity contribution is -0.146. The van der Waals surface area contributed by atoms with Crippen molar-refractivity contribution in [3.05, 3.63) is 71.3 Å². The van der Waals surface area contributed by atoms with Crippen molar-refractivity contribution in [1.29, 1.82) is 0 Å². The number of halogens is 1. The fourth-order valence-corrected chi connectivity index (χ4v) is 3.38. The zero-order valence-electron chi connectivity index (χ0n) is 15.1. The van der Waals surface area contributed by atoms with Crippen molar-refractivity contribution in [3.8, 4) is 0 Å². The van der Waals surface area contributed by atoms with Crippen molar-refractivity contribution in [2.45, 2.75) is 18.7 Å². The van der Waals surface area contributed by atoms with Crippen LogP contribution in [0.1, 0.15) is 28.8 Å². The highest BCUT2D eigenvalue weighted by molar-refractivity contribution is 6.63. The molecule has 0 spiro atoms. The molecular weight excluding hydrogens is 384 g/mol. The summed E-state index contributed by atoms with van der Waals surface area (Å²) in [4.78, 5) is 37.6. The van der Waals surface area contributed by atoms with Crippen LogP contribution in [-0.4, -0.2) is 36.0 Å². The second kappa shape index (κ2) is 8.75. The first kappa shape index (κ1) is 19.7. The summed E-state index contributed by atoms with van der Waals surface area (Å²) in [5, 5.41) is 1.93. The maximum absolute atomic E-state index is 12.3. The van der Waals surface area contributed by atoms with Gasteiger partial charge in [0.25, 0.3) is 0 Å². The van der Waals surface area contributed by atoms with Crippen molar-refractivity contribution >= 4 is 29.0 Å². The Morgan fingerprint density at radius 3 is 2.36 bits per heavy atom. The third-order valence-electron chi connectivity index (χ3n) is 4.51. The van der Waals surface area contributed by atoms with Gasteiger partial charge in [0.15, 0.2) is 6.04 Å². The van der Waals surface area contributed by atoms with E-state index in [1.807, 2.05) is 30.3 Å². The molecule has 2 aromatic rings. The smallest absolute Gasteiger partial charge is 0.408 e. The minimum atomic E-state index is -0.968. The molecular formula is C20H19ClN2O5. The van der Waals surface area contributed by atoms with Gasteiger partial charge in [0.2, 0.25) is 0 Å². The molecule has 0 saturated carbocycles. The van der Waals surface area contributed by atoms with Gasteiger partial charge in [-0.25, -0.2) is 9.59 Å². The van der Waals surface area contributed by atoms with Crippen molar-refractivity contribution < 1.29 is 23.9 Å². The summed E-state index contributed by atoms with van der Waals surface area (Å²) >= 11 is 5.70. The van der Waals surface area contributed by atoms with E-state index in [1.165, 1.54) is 7.11 Å². The van der Waals surface area contributed by atoms with E-state index in [0.717, 1.165) is 10.5 Å². The Hall–Kier alpha value is -3.06. The standard InChI is InChI=1S/C20H19ClN2O5/c1-27-18(24)17-15-10-6-5-9-14(15)16(11-23(17)19(21)25)22-20(26)28-12-13-7-3-2-4-8-13/h2-10,16-17H,11-12H2,1H3,(H,22,26)/t16-,17-/m1/s1. The number of alkyl carbamates (subject to hydrolysis) is 1. The highest BCUT2D eigenvalue weighted by Gasteiger charge is 2.40. The predicted molar refractivity (Wildman–Crippen MR) is 102 cm³/mol. The topological polar surface area (TPSA) is 84.9 Å². The van der Waals surface area contributed by atoms with Crippen LogP contribution in [0.2, 0.25) is 0 Å². The Kier molecular flexibility index (Phi) is 6.16. The third-order valence-corrected chi connectivity index (χ3v) is 4.73. The molecule has 1 aliphatic heterocycles. The summed E-state index contributed by atoms with van der Waals surface area (Å²) in [6.45, 7) is 0.128. The Morgan fingerprint density at radius 2 is 1.71 bits per heavy atom. The van der Waals surface area contributed by atoms with E-state index in [4.69, 9.17) is 21.1 Å². The largest absolute Gasteiger partial charge is 0.467 e. The van der Waals surface area contributed by atoms with Gasteiger partial charge in [-0.2, -0.15) is 0 Å². The molecule has 28 heavy (non-hydrogen) atoms. The van der Waals surface area contributed by atoms with Gasteiger partial charge in [-0.1, -0.05) is 54.6 Å². The van der Waals surface area contributed by atoms with Gasteiger partial charge in [0.05, 0.1) is 13.2 Å². The summed E-state index contributed by atoms with van der Waals surface area (Å²) in [5.41, 5.74) is 2.09. The monoisotopic (exact) mass is 402 g/mol. The Balaban J connectivity index is 1.79. The number of rotatable bonds is 4. The normalized spacial score (nSPS) is 18.0. The number of carbonyl (C=O) groups excluding carboxylic acids is 3. The van der Waals surface area contributed by atoms with E-state index in [1.54, 1.807) is 24.3 Å². The average molecular weight is 403 g/mol. The molecule has 1 N–H and O–H groups in total. The number of nitrogens with one attached hydrogen (secondary N) is 1. The van der Waals surface area contributed by atoms with Gasteiger partial charge in [-0.3, -0.25) is 4.79 Å². The minimum absolute atomic E-state index is 0.0134. The molecule has 2 amide bonds. The van der Waals surface area contributed by atoms with Crippen LogP contribution in [0.25, 0.3) is 0 Å². The van der Waals surface area contributed by atoms with Crippen molar-refractivity contribution in [2.75, 3.05) is 13.7 Å². The number of esters is 1. The molecule has 0 unspecified atom stereocenters. The molecule has 0 bridgehead atoms. The minimum Gasteiger partial charge on any atom is -0.467 e. The molecule has 0 aliphatic carbocycles. The van der Waals surface area contributed by atoms with Crippen LogP contribution in [0.15, 0.2) is 54.6 Å². The van der Waals surface area contributed by atoms with Crippen molar-refractivity contribution in [2.24, 2.45) is 0 Å². The Bertz CT molecular complexity index is 874. The van der Waals surface area contributed by atoms with E-state index in [-0.39, 0.29) is 13.2 Å². The summed E-state index contributed by atoms with van der Waals surface area (Å²) in [6.07, 6.45) is -0.637. The molecule has 2 atom stereocenters. The van der Waals surface area contributed by atoms with Gasteiger partial charge in [-0.05, 0) is 28.3 Å². The van der Waals surface area contributed by atoms with Crippen LogP contribution in [0.4, 0.5) is 9.59 Å². The third kappa shape index (κ3) is 4.26. The van der Waals surface area contributed by atoms with E-state index in [2.05, 4.69) is 5.32 Å². The SMILES string of the molecule is COC(=O)[C@H]1c2ccccc2[C@H](NC(=O)OCc2ccccc2)CN1C(=O)Cl. The second-order valence-corrected chi connectivity index (χ2v) is 6.54. The summed E-state index contributed by atoms with van der Waals surface area (Å²) < 4.78 is 10.1. The van der Waals surface area contributed by atoms with E-state index < -0.39 is 29.5 Å². The molecule has 8 heteroatoms. The molecule has 0 aromatic heterocycles. The van der Waals surface area contributed by atoms with Crippen LogP contribution >= 0.6 is 11.6 Å². The molecule has 1 aliphatic rings. The summed E-state index contributed by atoms with van der Waals surface area (Å²) in [6, 6.07) is 14.7. The van der Waals surface area contributed by atoms with Crippen LogP contribution in [0.3, 0.4) is 0 Å². The van der Waals surface area contributed by atoms with Crippen LogP contribution in [0.5, 0.6) is 0 Å². The molecule has 7 nitrogen and oxygen atoms in total. The fraction of sp³-hybridized carbons (Fsp3) is 0.250.